The van der Waals surface area contributed by atoms with Crippen LogP contribution in [0.3, 0.4) is 0 Å². The molecule has 1 fully saturated rings. The smallest absolute Gasteiger partial charge is 0.250 e. The van der Waals surface area contributed by atoms with E-state index in [4.69, 9.17) is 4.42 Å². The largest absolute Gasteiger partial charge is 0.461 e. The molecule has 0 spiro atoms. The van der Waals surface area contributed by atoms with Gasteiger partial charge in [0.25, 0.3) is 0 Å². The van der Waals surface area contributed by atoms with E-state index in [1.54, 1.807) is 17.8 Å². The molecule has 2 aliphatic rings. The molecular weight excluding hydrogens is 260 g/mol. The van der Waals surface area contributed by atoms with E-state index in [1.165, 1.54) is 12.5 Å². The standard InChI is InChI=1S/C14H16N2O2S/c1-9-8-11(9)12-4-2-10(18-12)3-5-13(17)16-14-15-6-7-19-14/h2-5,9,11H,6-8H2,1H3,(H,15,16,17)/b5-3+. The van der Waals surface area contributed by atoms with Crippen molar-refractivity contribution in [2.45, 2.75) is 19.3 Å². The Morgan fingerprint density at radius 1 is 1.58 bits per heavy atom. The number of nitrogens with one attached hydrogen (secondary N) is 1. The zero-order valence-electron chi connectivity index (χ0n) is 10.8. The lowest BCUT2D eigenvalue weighted by Gasteiger charge is -1.98. The predicted molar refractivity (Wildman–Crippen MR) is 77.2 cm³/mol. The Morgan fingerprint density at radius 2 is 2.42 bits per heavy atom. The number of amidine groups is 1. The van der Waals surface area contributed by atoms with E-state index in [1.807, 2.05) is 12.1 Å². The van der Waals surface area contributed by atoms with Gasteiger partial charge in [0.15, 0.2) is 5.17 Å². The topological polar surface area (TPSA) is 54.6 Å². The molecule has 0 radical (unpaired) electrons. The molecule has 5 heteroatoms. The summed E-state index contributed by atoms with van der Waals surface area (Å²) >= 11 is 1.57. The fourth-order valence-electron chi connectivity index (χ4n) is 2.09. The summed E-state index contributed by atoms with van der Waals surface area (Å²) < 4.78 is 5.70. The van der Waals surface area contributed by atoms with Crippen LogP contribution in [-0.4, -0.2) is 23.4 Å². The van der Waals surface area contributed by atoms with Crippen LogP contribution in [0.1, 0.15) is 30.8 Å². The second-order valence-corrected chi connectivity index (χ2v) is 6.00. The highest BCUT2D eigenvalue weighted by Gasteiger charge is 2.36. The molecule has 0 bridgehead atoms. The number of nitrogens with zero attached hydrogens (tertiary/aromatic N) is 1. The number of aliphatic imine (C=N–C) groups is 1. The Balaban J connectivity index is 1.56. The summed E-state index contributed by atoms with van der Waals surface area (Å²) in [6, 6.07) is 3.91. The van der Waals surface area contributed by atoms with Crippen LogP contribution in [-0.2, 0) is 4.79 Å². The van der Waals surface area contributed by atoms with E-state index in [0.717, 1.165) is 29.7 Å². The van der Waals surface area contributed by atoms with Crippen LogP contribution in [0.25, 0.3) is 6.08 Å². The van der Waals surface area contributed by atoms with E-state index in [2.05, 4.69) is 17.2 Å². The molecule has 0 saturated heterocycles. The fourth-order valence-corrected chi connectivity index (χ4v) is 2.82. The number of carbonyl (C=O) groups is 1. The zero-order valence-corrected chi connectivity index (χ0v) is 11.6. The Morgan fingerprint density at radius 3 is 3.11 bits per heavy atom. The number of hydrogen-bond donors (Lipinski definition) is 1. The summed E-state index contributed by atoms with van der Waals surface area (Å²) in [4.78, 5) is 15.8. The molecule has 4 nitrogen and oxygen atoms in total. The minimum absolute atomic E-state index is 0.161. The molecule has 3 rings (SSSR count). The number of furan rings is 1. The molecule has 1 aliphatic heterocycles. The van der Waals surface area contributed by atoms with Gasteiger partial charge < -0.3 is 9.73 Å². The average Bonchev–Trinajstić information content (AvgIpc) is 2.87. The van der Waals surface area contributed by atoms with Crippen LogP contribution in [0.5, 0.6) is 0 Å². The SMILES string of the molecule is CC1CC1c1ccc(/C=C/C(=O)NC2=NCCS2)o1. The van der Waals surface area contributed by atoms with Crippen molar-refractivity contribution >= 4 is 28.9 Å². The third kappa shape index (κ3) is 3.10. The minimum atomic E-state index is -0.161. The highest BCUT2D eigenvalue weighted by Crippen LogP contribution is 2.47. The highest BCUT2D eigenvalue weighted by molar-refractivity contribution is 8.14. The van der Waals surface area contributed by atoms with Crippen molar-refractivity contribution in [3.63, 3.8) is 0 Å². The fraction of sp³-hybridized carbons (Fsp3) is 0.429. The minimum Gasteiger partial charge on any atom is -0.461 e. The van der Waals surface area contributed by atoms with Crippen molar-refractivity contribution in [3.05, 3.63) is 29.7 Å². The lowest BCUT2D eigenvalue weighted by Crippen LogP contribution is -2.25. The van der Waals surface area contributed by atoms with Gasteiger partial charge in [-0.25, -0.2) is 0 Å². The maximum absolute atomic E-state index is 11.6. The molecular formula is C14H16N2O2S. The van der Waals surface area contributed by atoms with Crippen LogP contribution in [0.2, 0.25) is 0 Å². The molecule has 2 unspecified atom stereocenters. The van der Waals surface area contributed by atoms with Crippen molar-refractivity contribution in [1.82, 2.24) is 5.32 Å². The van der Waals surface area contributed by atoms with Gasteiger partial charge in [-0.05, 0) is 30.5 Å². The average molecular weight is 276 g/mol. The second kappa shape index (κ2) is 5.25. The maximum Gasteiger partial charge on any atom is 0.250 e. The van der Waals surface area contributed by atoms with E-state index < -0.39 is 0 Å². The molecule has 0 aromatic carbocycles. The number of amides is 1. The Bertz CT molecular complexity index is 547. The van der Waals surface area contributed by atoms with Crippen molar-refractivity contribution in [2.75, 3.05) is 12.3 Å². The first-order valence-corrected chi connectivity index (χ1v) is 7.47. The quantitative estimate of drug-likeness (QED) is 0.863. The Labute approximate surface area is 116 Å². The van der Waals surface area contributed by atoms with Gasteiger partial charge in [-0.1, -0.05) is 18.7 Å². The summed E-state index contributed by atoms with van der Waals surface area (Å²) in [6.07, 6.45) is 4.39. The van der Waals surface area contributed by atoms with Crippen LogP contribution in [0.15, 0.2) is 27.6 Å². The Hall–Kier alpha value is -1.49. The van der Waals surface area contributed by atoms with Crippen LogP contribution < -0.4 is 5.32 Å². The summed E-state index contributed by atoms with van der Waals surface area (Å²) in [5.41, 5.74) is 0. The molecule has 2 atom stereocenters. The summed E-state index contributed by atoms with van der Waals surface area (Å²) in [5.74, 6) is 3.84. The molecule has 19 heavy (non-hydrogen) atoms. The first-order valence-electron chi connectivity index (χ1n) is 6.48. The lowest BCUT2D eigenvalue weighted by atomic mass is 10.3. The normalized spacial score (nSPS) is 25.6. The molecule has 1 aromatic rings. The van der Waals surface area contributed by atoms with Crippen molar-refractivity contribution in [1.29, 1.82) is 0 Å². The van der Waals surface area contributed by atoms with E-state index in [0.29, 0.717) is 11.1 Å². The highest BCUT2D eigenvalue weighted by atomic mass is 32.2. The van der Waals surface area contributed by atoms with Crippen molar-refractivity contribution < 1.29 is 9.21 Å². The number of rotatable bonds is 3. The predicted octanol–water partition coefficient (Wildman–Crippen LogP) is 2.64. The molecule has 1 aromatic heterocycles. The van der Waals surface area contributed by atoms with E-state index in [9.17, 15) is 4.79 Å². The molecule has 1 N–H and O–H groups in total. The Kier molecular flexibility index (Phi) is 3.46. The van der Waals surface area contributed by atoms with Crippen molar-refractivity contribution in [2.24, 2.45) is 10.9 Å². The van der Waals surface area contributed by atoms with Gasteiger partial charge >= 0.3 is 0 Å². The van der Waals surface area contributed by atoms with Crippen molar-refractivity contribution in [3.8, 4) is 0 Å². The van der Waals surface area contributed by atoms with E-state index in [-0.39, 0.29) is 5.91 Å². The monoisotopic (exact) mass is 276 g/mol. The third-order valence-electron chi connectivity index (χ3n) is 3.34. The molecule has 1 saturated carbocycles. The number of thioether (sulfide) groups is 1. The van der Waals surface area contributed by atoms with Crippen LogP contribution >= 0.6 is 11.8 Å². The molecule has 100 valence electrons. The number of carbonyl (C=O) groups excluding carboxylic acids is 1. The van der Waals surface area contributed by atoms with Crippen LogP contribution in [0, 0.1) is 5.92 Å². The summed E-state index contributed by atoms with van der Waals surface area (Å²) in [5, 5.41) is 3.45. The number of hydrogen-bond acceptors (Lipinski definition) is 4. The van der Waals surface area contributed by atoms with Gasteiger partial charge in [0.05, 0.1) is 6.54 Å². The van der Waals surface area contributed by atoms with Gasteiger partial charge in [0.2, 0.25) is 5.91 Å². The molecule has 1 aliphatic carbocycles. The van der Waals surface area contributed by atoms with E-state index >= 15 is 0 Å². The van der Waals surface area contributed by atoms with Gasteiger partial charge in [0.1, 0.15) is 11.5 Å². The molecule has 1 amide bonds. The van der Waals surface area contributed by atoms with Gasteiger partial charge in [-0.3, -0.25) is 9.79 Å². The first-order chi connectivity index (χ1) is 9.22. The second-order valence-electron chi connectivity index (χ2n) is 4.92. The summed E-state index contributed by atoms with van der Waals surface area (Å²) in [6.45, 7) is 3.00. The summed E-state index contributed by atoms with van der Waals surface area (Å²) in [7, 11) is 0. The van der Waals surface area contributed by atoms with Gasteiger partial charge in [0, 0.05) is 17.7 Å². The molecule has 2 heterocycles. The maximum atomic E-state index is 11.6. The first kappa shape index (κ1) is 12.5. The van der Waals surface area contributed by atoms with Gasteiger partial charge in [-0.15, -0.1) is 0 Å². The third-order valence-corrected chi connectivity index (χ3v) is 4.23. The van der Waals surface area contributed by atoms with Crippen LogP contribution in [0.4, 0.5) is 0 Å². The van der Waals surface area contributed by atoms with Gasteiger partial charge in [-0.2, -0.15) is 0 Å². The lowest BCUT2D eigenvalue weighted by molar-refractivity contribution is -0.115. The zero-order chi connectivity index (χ0) is 13.2.